The van der Waals surface area contributed by atoms with Gasteiger partial charge in [0.1, 0.15) is 6.33 Å². The Balaban J connectivity index is 1.98. The Morgan fingerprint density at radius 3 is 2.59 bits per heavy atom. The molecule has 1 unspecified atom stereocenters. The number of amides is 1. The molecule has 1 amide bonds. The summed E-state index contributed by atoms with van der Waals surface area (Å²) in [7, 11) is 0. The van der Waals surface area contributed by atoms with Gasteiger partial charge in [0.15, 0.2) is 0 Å². The lowest BCUT2D eigenvalue weighted by atomic mass is 10.1. The minimum atomic E-state index is -0.897. The molecule has 0 radical (unpaired) electrons. The molecule has 1 aliphatic rings. The molecule has 2 rings (SSSR count). The fraction of sp³-hybridized carbons (Fsp3) is 0.455. The number of carboxylic acids is 1. The molecule has 1 heterocycles. The van der Waals surface area contributed by atoms with Crippen molar-refractivity contribution in [1.29, 1.82) is 0 Å². The lowest BCUT2D eigenvalue weighted by molar-refractivity contribution is -0.137. The molecule has 1 aliphatic carbocycles. The van der Waals surface area contributed by atoms with Crippen LogP contribution in [0.15, 0.2) is 18.7 Å². The Labute approximate surface area is 98.1 Å². The number of nitrogens with zero attached hydrogens (tertiary/aromatic N) is 2. The van der Waals surface area contributed by atoms with Gasteiger partial charge in [-0.2, -0.15) is 0 Å². The van der Waals surface area contributed by atoms with Crippen LogP contribution in [0.4, 0.5) is 0 Å². The first kappa shape index (κ1) is 11.5. The molecular weight excluding hydrogens is 222 g/mol. The molecule has 0 saturated heterocycles. The van der Waals surface area contributed by atoms with E-state index in [1.165, 1.54) is 18.7 Å². The summed E-state index contributed by atoms with van der Waals surface area (Å²) in [4.78, 5) is 30.0. The van der Waals surface area contributed by atoms with E-state index in [1.54, 1.807) is 0 Å². The van der Waals surface area contributed by atoms with Crippen LogP contribution in [0.25, 0.3) is 0 Å². The number of aromatic nitrogens is 2. The van der Waals surface area contributed by atoms with E-state index in [4.69, 9.17) is 5.11 Å². The molecule has 0 aromatic carbocycles. The summed E-state index contributed by atoms with van der Waals surface area (Å²) < 4.78 is 0. The summed E-state index contributed by atoms with van der Waals surface area (Å²) in [5.74, 6) is -0.921. The molecule has 1 aromatic rings. The van der Waals surface area contributed by atoms with Gasteiger partial charge in [0.2, 0.25) is 0 Å². The van der Waals surface area contributed by atoms with Gasteiger partial charge in [0.05, 0.1) is 12.0 Å². The Hall–Kier alpha value is -1.98. The van der Waals surface area contributed by atoms with Crippen LogP contribution in [0.5, 0.6) is 0 Å². The Bertz CT molecular complexity index is 417. The van der Waals surface area contributed by atoms with Gasteiger partial charge in [0.25, 0.3) is 5.91 Å². The van der Waals surface area contributed by atoms with E-state index in [0.717, 1.165) is 12.8 Å². The number of carboxylic acid groups (broad SMARTS) is 1. The van der Waals surface area contributed by atoms with Gasteiger partial charge in [-0.1, -0.05) is 0 Å². The van der Waals surface area contributed by atoms with Crippen molar-refractivity contribution in [2.75, 3.05) is 0 Å². The molecule has 6 heteroatoms. The molecule has 90 valence electrons. The minimum Gasteiger partial charge on any atom is -0.481 e. The van der Waals surface area contributed by atoms with Crippen molar-refractivity contribution in [2.24, 2.45) is 5.92 Å². The third kappa shape index (κ3) is 3.24. The number of nitrogens with one attached hydrogen (secondary N) is 1. The van der Waals surface area contributed by atoms with E-state index >= 15 is 0 Å². The van der Waals surface area contributed by atoms with Gasteiger partial charge in [-0.15, -0.1) is 0 Å². The summed E-state index contributed by atoms with van der Waals surface area (Å²) in [6.07, 6.45) is 6.07. The second-order valence-corrected chi connectivity index (χ2v) is 4.14. The van der Waals surface area contributed by atoms with Crippen LogP contribution in [0, 0.1) is 5.92 Å². The van der Waals surface area contributed by atoms with Crippen LogP contribution in [-0.2, 0) is 4.79 Å². The molecular formula is C11H13N3O3. The van der Waals surface area contributed by atoms with Crippen molar-refractivity contribution in [2.45, 2.75) is 25.3 Å². The summed E-state index contributed by atoms with van der Waals surface area (Å²) in [6, 6.07) is -0.291. The van der Waals surface area contributed by atoms with Gasteiger partial charge >= 0.3 is 5.97 Å². The SMILES string of the molecule is O=C(O)CC(NC(=O)c1cncnc1)C1CC1. The second-order valence-electron chi connectivity index (χ2n) is 4.14. The fourth-order valence-corrected chi connectivity index (χ4v) is 1.69. The average molecular weight is 235 g/mol. The standard InChI is InChI=1S/C11H13N3O3/c15-10(16)3-9(7-1-2-7)14-11(17)8-4-12-6-13-5-8/h4-7,9H,1-3H2,(H,14,17)(H,15,16). The maximum absolute atomic E-state index is 11.8. The molecule has 0 spiro atoms. The monoisotopic (exact) mass is 235 g/mol. The first-order valence-electron chi connectivity index (χ1n) is 5.44. The molecule has 0 aliphatic heterocycles. The van der Waals surface area contributed by atoms with E-state index in [-0.39, 0.29) is 18.4 Å². The highest BCUT2D eigenvalue weighted by Crippen LogP contribution is 2.34. The van der Waals surface area contributed by atoms with Gasteiger partial charge < -0.3 is 10.4 Å². The first-order valence-corrected chi connectivity index (χ1v) is 5.44. The summed E-state index contributed by atoms with van der Waals surface area (Å²) >= 11 is 0. The normalized spacial score (nSPS) is 16.2. The Kier molecular flexibility index (Phi) is 3.32. The zero-order valence-electron chi connectivity index (χ0n) is 9.17. The van der Waals surface area contributed by atoms with Crippen LogP contribution in [0.3, 0.4) is 0 Å². The van der Waals surface area contributed by atoms with Gasteiger partial charge in [0, 0.05) is 18.4 Å². The lowest BCUT2D eigenvalue weighted by Crippen LogP contribution is -2.38. The van der Waals surface area contributed by atoms with Gasteiger partial charge in [-0.05, 0) is 18.8 Å². The fourth-order valence-electron chi connectivity index (χ4n) is 1.69. The summed E-state index contributed by atoms with van der Waals surface area (Å²) in [5, 5.41) is 11.5. The van der Waals surface area contributed by atoms with Crippen molar-refractivity contribution in [3.8, 4) is 0 Å². The highest BCUT2D eigenvalue weighted by Gasteiger charge is 2.33. The van der Waals surface area contributed by atoms with Crippen molar-refractivity contribution >= 4 is 11.9 Å². The van der Waals surface area contributed by atoms with Gasteiger partial charge in [-0.3, -0.25) is 9.59 Å². The highest BCUT2D eigenvalue weighted by atomic mass is 16.4. The molecule has 1 atom stereocenters. The minimum absolute atomic E-state index is 0.0376. The van der Waals surface area contributed by atoms with E-state index in [2.05, 4.69) is 15.3 Å². The molecule has 1 aromatic heterocycles. The third-order valence-electron chi connectivity index (χ3n) is 2.72. The van der Waals surface area contributed by atoms with Crippen LogP contribution in [0.2, 0.25) is 0 Å². The smallest absolute Gasteiger partial charge is 0.305 e. The van der Waals surface area contributed by atoms with Crippen LogP contribution >= 0.6 is 0 Å². The van der Waals surface area contributed by atoms with Crippen molar-refractivity contribution in [3.63, 3.8) is 0 Å². The molecule has 1 fully saturated rings. The van der Waals surface area contributed by atoms with E-state index in [9.17, 15) is 9.59 Å². The number of carbonyl (C=O) groups is 2. The maximum atomic E-state index is 11.8. The molecule has 6 nitrogen and oxygen atoms in total. The predicted molar refractivity (Wildman–Crippen MR) is 58.3 cm³/mol. The highest BCUT2D eigenvalue weighted by molar-refractivity contribution is 5.94. The maximum Gasteiger partial charge on any atom is 0.305 e. The van der Waals surface area contributed by atoms with Crippen molar-refractivity contribution in [3.05, 3.63) is 24.3 Å². The van der Waals surface area contributed by atoms with Crippen LogP contribution < -0.4 is 5.32 Å². The summed E-state index contributed by atoms with van der Waals surface area (Å²) in [6.45, 7) is 0. The van der Waals surface area contributed by atoms with E-state index < -0.39 is 5.97 Å². The Morgan fingerprint density at radius 1 is 1.41 bits per heavy atom. The lowest BCUT2D eigenvalue weighted by Gasteiger charge is -2.15. The topological polar surface area (TPSA) is 92.2 Å². The zero-order valence-corrected chi connectivity index (χ0v) is 9.17. The number of hydrogen-bond acceptors (Lipinski definition) is 4. The summed E-state index contributed by atoms with van der Waals surface area (Å²) in [5.41, 5.74) is 0.350. The number of rotatable bonds is 5. The quantitative estimate of drug-likeness (QED) is 0.773. The zero-order chi connectivity index (χ0) is 12.3. The second kappa shape index (κ2) is 4.90. The largest absolute Gasteiger partial charge is 0.481 e. The third-order valence-corrected chi connectivity index (χ3v) is 2.72. The number of aliphatic carboxylic acids is 1. The number of hydrogen-bond donors (Lipinski definition) is 2. The molecule has 0 bridgehead atoms. The molecule has 2 N–H and O–H groups in total. The average Bonchev–Trinajstić information content (AvgIpc) is 3.12. The van der Waals surface area contributed by atoms with Crippen LogP contribution in [0.1, 0.15) is 29.6 Å². The van der Waals surface area contributed by atoms with Gasteiger partial charge in [-0.25, -0.2) is 9.97 Å². The van der Waals surface area contributed by atoms with Crippen molar-refractivity contribution < 1.29 is 14.7 Å². The molecule has 17 heavy (non-hydrogen) atoms. The van der Waals surface area contributed by atoms with Crippen molar-refractivity contribution in [1.82, 2.24) is 15.3 Å². The number of carbonyl (C=O) groups excluding carboxylic acids is 1. The van der Waals surface area contributed by atoms with E-state index in [1.807, 2.05) is 0 Å². The molecule has 1 saturated carbocycles. The predicted octanol–water partition coefficient (Wildman–Crippen LogP) is 0.460. The van der Waals surface area contributed by atoms with E-state index in [0.29, 0.717) is 11.5 Å². The first-order chi connectivity index (χ1) is 8.16. The Morgan fingerprint density at radius 2 is 2.06 bits per heavy atom. The van der Waals surface area contributed by atoms with Crippen LogP contribution in [-0.4, -0.2) is 33.0 Å².